The number of ether oxygens (including phenoxy) is 1. The van der Waals surface area contributed by atoms with E-state index in [9.17, 15) is 9.90 Å². The predicted octanol–water partition coefficient (Wildman–Crippen LogP) is 2.08. The van der Waals surface area contributed by atoms with Crippen molar-refractivity contribution in [3.8, 4) is 5.75 Å². The lowest BCUT2D eigenvalue weighted by Crippen LogP contribution is -2.58. The second-order valence-electron chi connectivity index (χ2n) is 7.08. The van der Waals surface area contributed by atoms with Crippen LogP contribution in [0.25, 0.3) is 0 Å². The first-order valence-electron chi connectivity index (χ1n) is 8.99. The minimum absolute atomic E-state index is 0.151. The van der Waals surface area contributed by atoms with Gasteiger partial charge in [0.2, 0.25) is 0 Å². The Hall–Kier alpha value is -1.59. The normalized spacial score (nSPS) is 25.2. The van der Waals surface area contributed by atoms with Crippen LogP contribution in [0.3, 0.4) is 0 Å². The summed E-state index contributed by atoms with van der Waals surface area (Å²) in [6.07, 6.45) is 6.16. The molecule has 0 aromatic heterocycles. The molecule has 2 fully saturated rings. The smallest absolute Gasteiger partial charge is 0.256 e. The van der Waals surface area contributed by atoms with Gasteiger partial charge in [-0.3, -0.25) is 4.79 Å². The van der Waals surface area contributed by atoms with Gasteiger partial charge in [-0.25, -0.2) is 0 Å². The molecular formula is C19H28N2O3. The summed E-state index contributed by atoms with van der Waals surface area (Å²) in [4.78, 5) is 14.6. The molecule has 0 radical (unpaired) electrons. The van der Waals surface area contributed by atoms with Crippen LogP contribution < -0.4 is 10.1 Å². The number of nitrogens with zero attached hydrogens (tertiary/aromatic N) is 1. The summed E-state index contributed by atoms with van der Waals surface area (Å²) in [5.41, 5.74) is -0.240. The van der Waals surface area contributed by atoms with E-state index < -0.39 is 5.60 Å². The number of piperidine rings is 1. The highest BCUT2D eigenvalue weighted by Gasteiger charge is 2.42. The lowest BCUT2D eigenvalue weighted by Gasteiger charge is -2.39. The van der Waals surface area contributed by atoms with Crippen LogP contribution in [0.15, 0.2) is 24.3 Å². The lowest BCUT2D eigenvalue weighted by atomic mass is 9.91. The molecule has 1 aliphatic carbocycles. The van der Waals surface area contributed by atoms with Gasteiger partial charge in [0, 0.05) is 25.7 Å². The fourth-order valence-electron chi connectivity index (χ4n) is 3.81. The Balaban J connectivity index is 1.62. The standard InChI is InChI=1S/C19H28N2O3/c1-24-17-9-4-6-15(12-17)13-21-11-5-10-19(23,18(21)22)14-20-16-7-2-3-8-16/h4,6,9,12,16,20,23H,2-3,5,7-8,10-11,13-14H2,1H3/t19-/m0/s1. The Morgan fingerprint density at radius 1 is 1.33 bits per heavy atom. The van der Waals surface area contributed by atoms with Crippen LogP contribution in [0.4, 0.5) is 0 Å². The molecule has 1 saturated heterocycles. The number of benzene rings is 1. The van der Waals surface area contributed by atoms with E-state index >= 15 is 0 Å². The quantitative estimate of drug-likeness (QED) is 0.837. The van der Waals surface area contributed by atoms with E-state index in [0.717, 1.165) is 30.6 Å². The number of carbonyl (C=O) groups is 1. The third-order valence-electron chi connectivity index (χ3n) is 5.25. The molecule has 1 heterocycles. The minimum Gasteiger partial charge on any atom is -0.497 e. The highest BCUT2D eigenvalue weighted by Crippen LogP contribution is 2.26. The van der Waals surface area contributed by atoms with Crippen molar-refractivity contribution >= 4 is 5.91 Å². The highest BCUT2D eigenvalue weighted by atomic mass is 16.5. The predicted molar refractivity (Wildman–Crippen MR) is 92.9 cm³/mol. The average molecular weight is 332 g/mol. The van der Waals surface area contributed by atoms with Crippen molar-refractivity contribution in [1.29, 1.82) is 0 Å². The van der Waals surface area contributed by atoms with Crippen LogP contribution in [0.1, 0.15) is 44.1 Å². The van der Waals surface area contributed by atoms with Crippen molar-refractivity contribution < 1.29 is 14.6 Å². The molecule has 0 unspecified atom stereocenters. The molecule has 1 atom stereocenters. The maximum Gasteiger partial charge on any atom is 0.256 e. The van der Waals surface area contributed by atoms with Gasteiger partial charge in [-0.15, -0.1) is 0 Å². The van der Waals surface area contributed by atoms with E-state index in [-0.39, 0.29) is 5.91 Å². The van der Waals surface area contributed by atoms with Crippen molar-refractivity contribution in [1.82, 2.24) is 10.2 Å². The zero-order chi connectivity index (χ0) is 17.0. The van der Waals surface area contributed by atoms with Crippen molar-refractivity contribution in [3.05, 3.63) is 29.8 Å². The van der Waals surface area contributed by atoms with E-state index in [0.29, 0.717) is 32.1 Å². The number of aliphatic hydroxyl groups is 1. The molecule has 24 heavy (non-hydrogen) atoms. The number of hydrogen-bond acceptors (Lipinski definition) is 4. The van der Waals surface area contributed by atoms with Gasteiger partial charge >= 0.3 is 0 Å². The van der Waals surface area contributed by atoms with E-state index in [1.807, 2.05) is 24.3 Å². The van der Waals surface area contributed by atoms with Gasteiger partial charge in [0.25, 0.3) is 5.91 Å². The van der Waals surface area contributed by atoms with Gasteiger partial charge in [0.05, 0.1) is 7.11 Å². The molecule has 5 nitrogen and oxygen atoms in total. The number of nitrogens with one attached hydrogen (secondary N) is 1. The first-order chi connectivity index (χ1) is 11.6. The van der Waals surface area contributed by atoms with Gasteiger partial charge in [0.1, 0.15) is 5.75 Å². The second kappa shape index (κ2) is 7.53. The summed E-state index contributed by atoms with van der Waals surface area (Å²) >= 11 is 0. The van der Waals surface area contributed by atoms with E-state index in [1.165, 1.54) is 12.8 Å². The molecule has 0 spiro atoms. The molecule has 1 aromatic rings. The Kier molecular flexibility index (Phi) is 5.41. The number of hydrogen-bond donors (Lipinski definition) is 2. The first-order valence-corrected chi connectivity index (χ1v) is 8.99. The average Bonchev–Trinajstić information content (AvgIpc) is 3.11. The van der Waals surface area contributed by atoms with E-state index in [1.54, 1.807) is 12.0 Å². The lowest BCUT2D eigenvalue weighted by molar-refractivity contribution is -0.157. The highest BCUT2D eigenvalue weighted by molar-refractivity contribution is 5.86. The van der Waals surface area contributed by atoms with Gasteiger partial charge in [-0.05, 0) is 43.4 Å². The van der Waals surface area contributed by atoms with Gasteiger partial charge in [0.15, 0.2) is 5.60 Å². The molecule has 2 aliphatic rings. The zero-order valence-corrected chi connectivity index (χ0v) is 14.5. The molecular weight excluding hydrogens is 304 g/mol. The van der Waals surface area contributed by atoms with Crippen molar-refractivity contribution in [2.24, 2.45) is 0 Å². The summed E-state index contributed by atoms with van der Waals surface area (Å²) in [6, 6.07) is 8.20. The van der Waals surface area contributed by atoms with Crippen LogP contribution >= 0.6 is 0 Å². The van der Waals surface area contributed by atoms with Crippen molar-refractivity contribution in [2.45, 2.75) is 56.7 Å². The fourth-order valence-corrected chi connectivity index (χ4v) is 3.81. The zero-order valence-electron chi connectivity index (χ0n) is 14.5. The fraction of sp³-hybridized carbons (Fsp3) is 0.632. The molecule has 0 bridgehead atoms. The third-order valence-corrected chi connectivity index (χ3v) is 5.25. The van der Waals surface area contributed by atoms with Crippen LogP contribution in [0.2, 0.25) is 0 Å². The summed E-state index contributed by atoms with van der Waals surface area (Å²) in [5, 5.41) is 14.3. The number of methoxy groups -OCH3 is 1. The van der Waals surface area contributed by atoms with E-state index in [2.05, 4.69) is 5.32 Å². The monoisotopic (exact) mass is 332 g/mol. The number of rotatable bonds is 6. The summed E-state index contributed by atoms with van der Waals surface area (Å²) < 4.78 is 5.24. The summed E-state index contributed by atoms with van der Waals surface area (Å²) in [5.74, 6) is 0.636. The van der Waals surface area contributed by atoms with Crippen LogP contribution in [0.5, 0.6) is 5.75 Å². The Bertz CT molecular complexity index is 571. The molecule has 132 valence electrons. The third kappa shape index (κ3) is 3.90. The Labute approximate surface area is 144 Å². The van der Waals surface area contributed by atoms with Crippen LogP contribution in [-0.4, -0.2) is 47.8 Å². The minimum atomic E-state index is -1.26. The Morgan fingerprint density at radius 2 is 2.12 bits per heavy atom. The molecule has 1 saturated carbocycles. The summed E-state index contributed by atoms with van der Waals surface area (Å²) in [7, 11) is 1.64. The van der Waals surface area contributed by atoms with Crippen LogP contribution in [0, 0.1) is 0 Å². The van der Waals surface area contributed by atoms with Gasteiger partial charge in [-0.1, -0.05) is 25.0 Å². The number of amides is 1. The maximum atomic E-state index is 12.8. The topological polar surface area (TPSA) is 61.8 Å². The van der Waals surface area contributed by atoms with Gasteiger partial charge in [-0.2, -0.15) is 0 Å². The van der Waals surface area contributed by atoms with Crippen LogP contribution in [-0.2, 0) is 11.3 Å². The number of likely N-dealkylation sites (tertiary alicyclic amines) is 1. The molecule has 1 aromatic carbocycles. The molecule has 1 aliphatic heterocycles. The molecule has 2 N–H and O–H groups in total. The first kappa shape index (κ1) is 17.2. The molecule has 1 amide bonds. The number of carbonyl (C=O) groups excluding carboxylic acids is 1. The second-order valence-corrected chi connectivity index (χ2v) is 7.08. The summed E-state index contributed by atoms with van der Waals surface area (Å²) in [6.45, 7) is 1.58. The van der Waals surface area contributed by atoms with Crippen molar-refractivity contribution in [3.63, 3.8) is 0 Å². The largest absolute Gasteiger partial charge is 0.497 e. The Morgan fingerprint density at radius 3 is 2.88 bits per heavy atom. The SMILES string of the molecule is COc1cccc(CN2CCC[C@](O)(CNC3CCCC3)C2=O)c1. The molecule has 5 heteroatoms. The van der Waals surface area contributed by atoms with Crippen molar-refractivity contribution in [2.75, 3.05) is 20.2 Å². The van der Waals surface area contributed by atoms with E-state index in [4.69, 9.17) is 4.74 Å². The van der Waals surface area contributed by atoms with Gasteiger partial charge < -0.3 is 20.1 Å². The maximum absolute atomic E-state index is 12.8. The molecule has 3 rings (SSSR count).